The number of benzene rings is 1. The lowest BCUT2D eigenvalue weighted by Gasteiger charge is -2.25. The Morgan fingerprint density at radius 3 is 2.61 bits per heavy atom. The smallest absolute Gasteiger partial charge is 0.176 e. The summed E-state index contributed by atoms with van der Waals surface area (Å²) < 4.78 is 0. The summed E-state index contributed by atoms with van der Waals surface area (Å²) in [6.45, 7) is 0.825. The molecule has 1 saturated carbocycles. The van der Waals surface area contributed by atoms with Crippen LogP contribution in [0.4, 0.5) is 0 Å². The number of nitriles is 1. The Bertz CT molecular complexity index is 411. The van der Waals surface area contributed by atoms with Gasteiger partial charge < -0.3 is 5.32 Å². The monoisotopic (exact) mass is 241 g/mol. The van der Waals surface area contributed by atoms with Crippen molar-refractivity contribution in [2.24, 2.45) is 10.9 Å². The number of nitrogens with zero attached hydrogens (tertiary/aromatic N) is 2. The molecule has 1 aromatic rings. The van der Waals surface area contributed by atoms with Gasteiger partial charge in [-0.25, -0.2) is 0 Å². The Balaban J connectivity index is 1.77. The van der Waals surface area contributed by atoms with Crippen molar-refractivity contribution >= 4 is 6.21 Å². The molecule has 0 radical (unpaired) electrons. The van der Waals surface area contributed by atoms with Crippen LogP contribution in [-0.2, 0) is 0 Å². The van der Waals surface area contributed by atoms with Crippen molar-refractivity contribution in [2.75, 3.05) is 6.54 Å². The molecule has 94 valence electrons. The molecule has 0 saturated heterocycles. The molecule has 18 heavy (non-hydrogen) atoms. The Labute approximate surface area is 109 Å². The third kappa shape index (κ3) is 3.89. The predicted octanol–water partition coefficient (Wildman–Crippen LogP) is 2.73. The maximum absolute atomic E-state index is 8.47. The molecule has 3 heteroatoms. The first-order valence-corrected chi connectivity index (χ1v) is 6.58. The van der Waals surface area contributed by atoms with E-state index in [1.165, 1.54) is 18.4 Å². The third-order valence-electron chi connectivity index (χ3n) is 3.52. The van der Waals surface area contributed by atoms with Crippen LogP contribution in [0.1, 0.15) is 31.2 Å². The zero-order chi connectivity index (χ0) is 12.6. The van der Waals surface area contributed by atoms with Crippen LogP contribution >= 0.6 is 0 Å². The first-order valence-electron chi connectivity index (χ1n) is 6.58. The number of hydrogen-bond acceptors (Lipinski definition) is 3. The quantitative estimate of drug-likeness (QED) is 0.500. The van der Waals surface area contributed by atoms with Crippen molar-refractivity contribution in [3.05, 3.63) is 35.9 Å². The second kappa shape index (κ2) is 6.80. The van der Waals surface area contributed by atoms with Crippen LogP contribution in [0.2, 0.25) is 0 Å². The molecule has 0 spiro atoms. The average molecular weight is 241 g/mol. The van der Waals surface area contributed by atoms with Crippen LogP contribution in [0.5, 0.6) is 0 Å². The molecule has 1 aromatic carbocycles. The lowest BCUT2D eigenvalue weighted by Crippen LogP contribution is -2.25. The zero-order valence-corrected chi connectivity index (χ0v) is 10.5. The summed E-state index contributed by atoms with van der Waals surface area (Å²) >= 11 is 0. The largest absolute Gasteiger partial charge is 0.324 e. The van der Waals surface area contributed by atoms with Crippen molar-refractivity contribution in [1.29, 1.82) is 5.26 Å². The van der Waals surface area contributed by atoms with Gasteiger partial charge in [-0.3, -0.25) is 4.99 Å². The molecular formula is C15H19N3. The Hall–Kier alpha value is -1.82. The average Bonchev–Trinajstić information content (AvgIpc) is 2.45. The van der Waals surface area contributed by atoms with Crippen LogP contribution in [-0.4, -0.2) is 18.8 Å². The molecule has 0 atom stereocenters. The highest BCUT2D eigenvalue weighted by atomic mass is 14.9. The van der Waals surface area contributed by atoms with E-state index in [1.54, 1.807) is 0 Å². The van der Waals surface area contributed by atoms with Gasteiger partial charge in [0.1, 0.15) is 0 Å². The van der Waals surface area contributed by atoms with Gasteiger partial charge in [-0.05, 0) is 37.2 Å². The third-order valence-corrected chi connectivity index (χ3v) is 3.52. The molecule has 0 unspecified atom stereocenters. The SMILES string of the molecule is N#CNC[C@H]1CC[C@H](N=Cc2ccccc2)CC1. The van der Waals surface area contributed by atoms with E-state index in [-0.39, 0.29) is 0 Å². The van der Waals surface area contributed by atoms with Crippen molar-refractivity contribution in [2.45, 2.75) is 31.7 Å². The molecular weight excluding hydrogens is 222 g/mol. The van der Waals surface area contributed by atoms with Crippen LogP contribution in [0.3, 0.4) is 0 Å². The lowest BCUT2D eigenvalue weighted by molar-refractivity contribution is 0.326. The maximum Gasteiger partial charge on any atom is 0.176 e. The van der Waals surface area contributed by atoms with Gasteiger partial charge in [-0.15, -0.1) is 0 Å². The molecule has 1 fully saturated rings. The summed E-state index contributed by atoms with van der Waals surface area (Å²) in [6.07, 6.45) is 8.60. The Morgan fingerprint density at radius 1 is 1.22 bits per heavy atom. The minimum Gasteiger partial charge on any atom is -0.324 e. The molecule has 1 N–H and O–H groups in total. The van der Waals surface area contributed by atoms with Crippen molar-refractivity contribution < 1.29 is 0 Å². The Morgan fingerprint density at radius 2 is 1.94 bits per heavy atom. The zero-order valence-electron chi connectivity index (χ0n) is 10.5. The standard InChI is InChI=1S/C15H19N3/c16-12-17-10-14-6-8-15(9-7-14)18-11-13-4-2-1-3-5-13/h1-5,11,14-15,17H,6-10H2/t14-,15-. The second-order valence-corrected chi connectivity index (χ2v) is 4.86. The molecule has 3 nitrogen and oxygen atoms in total. The van der Waals surface area contributed by atoms with Crippen molar-refractivity contribution in [3.8, 4) is 6.19 Å². The van der Waals surface area contributed by atoms with Gasteiger partial charge in [0, 0.05) is 18.8 Å². The minimum atomic E-state index is 0.462. The molecule has 0 bridgehead atoms. The van der Waals surface area contributed by atoms with Gasteiger partial charge in [0.25, 0.3) is 0 Å². The molecule has 0 aromatic heterocycles. The molecule has 1 aliphatic rings. The van der Waals surface area contributed by atoms with Gasteiger partial charge in [0.05, 0.1) is 0 Å². The summed E-state index contributed by atoms with van der Waals surface area (Å²) in [7, 11) is 0. The number of rotatable bonds is 4. The molecule has 2 rings (SSSR count). The fourth-order valence-corrected chi connectivity index (χ4v) is 2.42. The summed E-state index contributed by atoms with van der Waals surface area (Å²) in [6, 6.07) is 10.7. The fraction of sp³-hybridized carbons (Fsp3) is 0.467. The van der Waals surface area contributed by atoms with E-state index in [2.05, 4.69) is 22.4 Å². The highest BCUT2D eigenvalue weighted by molar-refractivity contribution is 5.79. The van der Waals surface area contributed by atoms with Crippen LogP contribution in [0.15, 0.2) is 35.3 Å². The molecule has 0 amide bonds. The summed E-state index contributed by atoms with van der Waals surface area (Å²) in [5.74, 6) is 0.646. The van der Waals surface area contributed by atoms with E-state index < -0.39 is 0 Å². The van der Waals surface area contributed by atoms with Gasteiger partial charge in [0.15, 0.2) is 6.19 Å². The Kier molecular flexibility index (Phi) is 4.78. The highest BCUT2D eigenvalue weighted by Gasteiger charge is 2.19. The fourth-order valence-electron chi connectivity index (χ4n) is 2.42. The normalized spacial score (nSPS) is 23.7. The van der Waals surface area contributed by atoms with Gasteiger partial charge in [0.2, 0.25) is 0 Å². The first kappa shape index (κ1) is 12.6. The topological polar surface area (TPSA) is 48.2 Å². The maximum atomic E-state index is 8.47. The van der Waals surface area contributed by atoms with Crippen LogP contribution in [0, 0.1) is 17.4 Å². The van der Waals surface area contributed by atoms with Gasteiger partial charge in [-0.2, -0.15) is 5.26 Å². The second-order valence-electron chi connectivity index (χ2n) is 4.86. The summed E-state index contributed by atoms with van der Waals surface area (Å²) in [5, 5.41) is 11.2. The molecule has 1 aliphatic carbocycles. The van der Waals surface area contributed by atoms with Gasteiger partial charge in [-0.1, -0.05) is 30.3 Å². The van der Waals surface area contributed by atoms with E-state index >= 15 is 0 Å². The van der Waals surface area contributed by atoms with E-state index in [1.807, 2.05) is 30.6 Å². The highest BCUT2D eigenvalue weighted by Crippen LogP contribution is 2.25. The van der Waals surface area contributed by atoms with Crippen molar-refractivity contribution in [1.82, 2.24) is 5.32 Å². The number of nitrogens with one attached hydrogen (secondary N) is 1. The lowest BCUT2D eigenvalue weighted by atomic mass is 9.86. The van der Waals surface area contributed by atoms with E-state index in [9.17, 15) is 0 Å². The molecule has 0 heterocycles. The van der Waals surface area contributed by atoms with Gasteiger partial charge >= 0.3 is 0 Å². The predicted molar refractivity (Wildman–Crippen MR) is 73.4 cm³/mol. The van der Waals surface area contributed by atoms with E-state index in [0.717, 1.165) is 19.4 Å². The first-order chi connectivity index (χ1) is 8.88. The number of aliphatic imine (C=N–C) groups is 1. The van der Waals surface area contributed by atoms with Crippen molar-refractivity contribution in [3.63, 3.8) is 0 Å². The summed E-state index contributed by atoms with van der Waals surface area (Å²) in [5.41, 5.74) is 1.17. The van der Waals surface area contributed by atoms with Crippen LogP contribution in [0.25, 0.3) is 0 Å². The van der Waals surface area contributed by atoms with E-state index in [0.29, 0.717) is 12.0 Å². The van der Waals surface area contributed by atoms with Crippen LogP contribution < -0.4 is 5.32 Å². The number of hydrogen-bond donors (Lipinski definition) is 1. The van der Waals surface area contributed by atoms with E-state index in [4.69, 9.17) is 5.26 Å². The summed E-state index contributed by atoms with van der Waals surface area (Å²) in [4.78, 5) is 4.66. The minimum absolute atomic E-state index is 0.462. The molecule has 0 aliphatic heterocycles.